The summed E-state index contributed by atoms with van der Waals surface area (Å²) in [5.41, 5.74) is 1.25. The van der Waals surface area contributed by atoms with Gasteiger partial charge in [-0.1, -0.05) is 26.0 Å². The number of ether oxygens (including phenoxy) is 2. The van der Waals surface area contributed by atoms with Crippen LogP contribution in [-0.4, -0.2) is 29.0 Å². The van der Waals surface area contributed by atoms with E-state index in [2.05, 4.69) is 36.4 Å². The number of nitrogens with zero attached hydrogens (tertiary/aromatic N) is 2. The molecular formula is C16H23N3O2. The van der Waals surface area contributed by atoms with Crippen molar-refractivity contribution in [3.8, 4) is 11.5 Å². The lowest BCUT2D eigenvalue weighted by molar-refractivity contribution is 0.217. The van der Waals surface area contributed by atoms with Gasteiger partial charge in [-0.25, -0.2) is 0 Å². The van der Waals surface area contributed by atoms with Crippen molar-refractivity contribution >= 4 is 0 Å². The van der Waals surface area contributed by atoms with E-state index in [0.29, 0.717) is 19.3 Å². The molecule has 0 saturated carbocycles. The minimum absolute atomic E-state index is 0.491. The van der Waals surface area contributed by atoms with Crippen LogP contribution in [0.3, 0.4) is 0 Å². The van der Waals surface area contributed by atoms with E-state index in [0.717, 1.165) is 18.0 Å². The van der Waals surface area contributed by atoms with Crippen LogP contribution >= 0.6 is 0 Å². The lowest BCUT2D eigenvalue weighted by Crippen LogP contribution is -2.21. The van der Waals surface area contributed by atoms with E-state index in [4.69, 9.17) is 9.47 Å². The van der Waals surface area contributed by atoms with Gasteiger partial charge in [0.1, 0.15) is 19.0 Å². The standard InChI is InChI=1S/C16H23N3O2/c1-13(2)17-10-14-4-6-15(7-5-14)20-8-9-21-16-11-18-19(3)12-16/h4-7,11-13,17H,8-10H2,1-3H3. The number of aryl methyl sites for hydroxylation is 1. The predicted molar refractivity (Wildman–Crippen MR) is 82.6 cm³/mol. The zero-order chi connectivity index (χ0) is 15.1. The Hall–Kier alpha value is -2.01. The van der Waals surface area contributed by atoms with Gasteiger partial charge >= 0.3 is 0 Å². The SMILES string of the molecule is CC(C)NCc1ccc(OCCOc2cnn(C)c2)cc1. The second-order valence-electron chi connectivity index (χ2n) is 5.23. The molecule has 1 aromatic carbocycles. The lowest BCUT2D eigenvalue weighted by Gasteiger charge is -2.10. The first-order valence-corrected chi connectivity index (χ1v) is 7.20. The van der Waals surface area contributed by atoms with Gasteiger partial charge in [-0.05, 0) is 17.7 Å². The molecule has 0 spiro atoms. The van der Waals surface area contributed by atoms with Crippen LogP contribution in [0.2, 0.25) is 0 Å². The Kier molecular flexibility index (Phi) is 5.63. The molecular weight excluding hydrogens is 266 g/mol. The highest BCUT2D eigenvalue weighted by atomic mass is 16.5. The molecule has 1 heterocycles. The Labute approximate surface area is 125 Å². The molecule has 0 aliphatic carbocycles. The topological polar surface area (TPSA) is 48.3 Å². The number of benzene rings is 1. The van der Waals surface area contributed by atoms with Crippen LogP contribution in [0.15, 0.2) is 36.7 Å². The van der Waals surface area contributed by atoms with Gasteiger partial charge in [-0.15, -0.1) is 0 Å². The molecule has 2 aromatic rings. The number of rotatable bonds is 8. The number of nitrogens with one attached hydrogen (secondary N) is 1. The van der Waals surface area contributed by atoms with Gasteiger partial charge in [0.05, 0.1) is 12.4 Å². The van der Waals surface area contributed by atoms with Gasteiger partial charge in [0.2, 0.25) is 0 Å². The van der Waals surface area contributed by atoms with Crippen LogP contribution in [0.25, 0.3) is 0 Å². The first-order chi connectivity index (χ1) is 10.1. The van der Waals surface area contributed by atoms with Gasteiger partial charge in [0.25, 0.3) is 0 Å². The highest BCUT2D eigenvalue weighted by molar-refractivity contribution is 5.27. The van der Waals surface area contributed by atoms with E-state index in [9.17, 15) is 0 Å². The molecule has 0 fully saturated rings. The van der Waals surface area contributed by atoms with E-state index in [1.54, 1.807) is 10.9 Å². The summed E-state index contributed by atoms with van der Waals surface area (Å²) in [6.07, 6.45) is 3.52. The fraction of sp³-hybridized carbons (Fsp3) is 0.438. The van der Waals surface area contributed by atoms with Gasteiger partial charge in [0.15, 0.2) is 5.75 Å². The number of hydrogen-bond donors (Lipinski definition) is 1. The quantitative estimate of drug-likeness (QED) is 0.758. The number of aromatic nitrogens is 2. The van der Waals surface area contributed by atoms with E-state index in [-0.39, 0.29) is 0 Å². The molecule has 0 aliphatic heterocycles. The monoisotopic (exact) mass is 289 g/mol. The molecule has 1 N–H and O–H groups in total. The van der Waals surface area contributed by atoms with Crippen LogP contribution in [-0.2, 0) is 13.6 Å². The summed E-state index contributed by atoms with van der Waals surface area (Å²) in [5.74, 6) is 1.62. The van der Waals surface area contributed by atoms with Crippen LogP contribution in [0.5, 0.6) is 11.5 Å². The molecule has 1 aromatic heterocycles. The van der Waals surface area contributed by atoms with Crippen molar-refractivity contribution < 1.29 is 9.47 Å². The summed E-state index contributed by atoms with van der Waals surface area (Å²) in [6, 6.07) is 8.62. The average molecular weight is 289 g/mol. The maximum Gasteiger partial charge on any atom is 0.157 e. The minimum atomic E-state index is 0.491. The van der Waals surface area contributed by atoms with E-state index < -0.39 is 0 Å². The fourth-order valence-corrected chi connectivity index (χ4v) is 1.82. The molecule has 0 aliphatic rings. The molecule has 0 unspecified atom stereocenters. The normalized spacial score (nSPS) is 10.9. The third-order valence-electron chi connectivity index (χ3n) is 2.94. The predicted octanol–water partition coefficient (Wildman–Crippen LogP) is 2.38. The summed E-state index contributed by atoms with van der Waals surface area (Å²) < 4.78 is 12.9. The Balaban J connectivity index is 1.68. The maximum absolute atomic E-state index is 5.64. The fourth-order valence-electron chi connectivity index (χ4n) is 1.82. The summed E-state index contributed by atoms with van der Waals surface area (Å²) in [7, 11) is 1.86. The first kappa shape index (κ1) is 15.4. The molecule has 114 valence electrons. The molecule has 0 saturated heterocycles. The summed E-state index contributed by atoms with van der Waals surface area (Å²) in [6.45, 7) is 6.17. The van der Waals surface area contributed by atoms with Gasteiger partial charge in [0, 0.05) is 19.6 Å². The van der Waals surface area contributed by atoms with Crippen molar-refractivity contribution in [2.24, 2.45) is 7.05 Å². The van der Waals surface area contributed by atoms with Crippen LogP contribution < -0.4 is 14.8 Å². The maximum atomic E-state index is 5.64. The van der Waals surface area contributed by atoms with Crippen molar-refractivity contribution in [1.82, 2.24) is 15.1 Å². The third-order valence-corrected chi connectivity index (χ3v) is 2.94. The Morgan fingerprint density at radius 2 is 1.76 bits per heavy atom. The number of hydrogen-bond acceptors (Lipinski definition) is 4. The van der Waals surface area contributed by atoms with Crippen molar-refractivity contribution in [3.63, 3.8) is 0 Å². The molecule has 2 rings (SSSR count). The van der Waals surface area contributed by atoms with Crippen LogP contribution in [0.4, 0.5) is 0 Å². The lowest BCUT2D eigenvalue weighted by atomic mass is 10.2. The van der Waals surface area contributed by atoms with E-state index >= 15 is 0 Å². The highest BCUT2D eigenvalue weighted by Gasteiger charge is 1.99. The molecule has 5 heteroatoms. The Bertz CT molecular complexity index is 535. The summed E-state index contributed by atoms with van der Waals surface area (Å²) >= 11 is 0. The first-order valence-electron chi connectivity index (χ1n) is 7.20. The van der Waals surface area contributed by atoms with Gasteiger partial charge < -0.3 is 14.8 Å². The molecule has 0 bridgehead atoms. The molecule has 5 nitrogen and oxygen atoms in total. The third kappa shape index (κ3) is 5.47. The zero-order valence-corrected chi connectivity index (χ0v) is 12.9. The zero-order valence-electron chi connectivity index (χ0n) is 12.9. The second kappa shape index (κ2) is 7.69. The average Bonchev–Trinajstić information content (AvgIpc) is 2.88. The smallest absolute Gasteiger partial charge is 0.157 e. The van der Waals surface area contributed by atoms with Crippen molar-refractivity contribution in [2.45, 2.75) is 26.4 Å². The van der Waals surface area contributed by atoms with Crippen LogP contribution in [0.1, 0.15) is 19.4 Å². The van der Waals surface area contributed by atoms with Crippen molar-refractivity contribution in [2.75, 3.05) is 13.2 Å². The van der Waals surface area contributed by atoms with E-state index in [1.807, 2.05) is 25.4 Å². The van der Waals surface area contributed by atoms with Gasteiger partial charge in [-0.2, -0.15) is 5.10 Å². The Morgan fingerprint density at radius 3 is 2.33 bits per heavy atom. The highest BCUT2D eigenvalue weighted by Crippen LogP contribution is 2.12. The molecule has 21 heavy (non-hydrogen) atoms. The molecule has 0 amide bonds. The largest absolute Gasteiger partial charge is 0.490 e. The second-order valence-corrected chi connectivity index (χ2v) is 5.23. The Morgan fingerprint density at radius 1 is 1.10 bits per heavy atom. The molecule has 0 radical (unpaired) electrons. The van der Waals surface area contributed by atoms with Gasteiger partial charge in [-0.3, -0.25) is 4.68 Å². The van der Waals surface area contributed by atoms with Crippen molar-refractivity contribution in [1.29, 1.82) is 0 Å². The summed E-state index contributed by atoms with van der Waals surface area (Å²) in [4.78, 5) is 0. The van der Waals surface area contributed by atoms with Crippen molar-refractivity contribution in [3.05, 3.63) is 42.2 Å². The summed E-state index contributed by atoms with van der Waals surface area (Å²) in [5, 5.41) is 7.42. The minimum Gasteiger partial charge on any atom is -0.490 e. The van der Waals surface area contributed by atoms with E-state index in [1.165, 1.54) is 5.56 Å². The molecule has 0 atom stereocenters. The van der Waals surface area contributed by atoms with Crippen LogP contribution in [0, 0.1) is 0 Å².